The summed E-state index contributed by atoms with van der Waals surface area (Å²) < 4.78 is 10.6. The lowest BCUT2D eigenvalue weighted by atomic mass is 10.1. The molecule has 1 aromatic rings. The van der Waals surface area contributed by atoms with E-state index < -0.39 is 0 Å². The number of fused-ring (bicyclic) bond motifs is 1. The Balaban J connectivity index is 1.55. The lowest BCUT2D eigenvalue weighted by molar-refractivity contribution is -0.130. The number of carbonyl (C=O) groups is 2. The van der Waals surface area contributed by atoms with Gasteiger partial charge in [0.1, 0.15) is 0 Å². The molecule has 0 aromatic heterocycles. The van der Waals surface area contributed by atoms with E-state index in [0.29, 0.717) is 25.3 Å². The first-order valence-electron chi connectivity index (χ1n) is 8.04. The predicted molar refractivity (Wildman–Crippen MR) is 84.0 cm³/mol. The Morgan fingerprint density at radius 3 is 2.96 bits per heavy atom. The lowest BCUT2D eigenvalue weighted by Crippen LogP contribution is -2.36. The summed E-state index contributed by atoms with van der Waals surface area (Å²) >= 11 is 0. The highest BCUT2D eigenvalue weighted by molar-refractivity contribution is 5.89. The monoisotopic (exact) mass is 318 g/mol. The zero-order valence-electron chi connectivity index (χ0n) is 13.5. The molecule has 1 N–H and O–H groups in total. The van der Waals surface area contributed by atoms with Gasteiger partial charge in [-0.1, -0.05) is 13.0 Å². The molecule has 3 rings (SSSR count). The Labute approximate surface area is 135 Å². The van der Waals surface area contributed by atoms with Crippen molar-refractivity contribution >= 4 is 11.8 Å². The van der Waals surface area contributed by atoms with E-state index in [-0.39, 0.29) is 30.6 Å². The van der Waals surface area contributed by atoms with Gasteiger partial charge in [-0.3, -0.25) is 9.59 Å². The summed E-state index contributed by atoms with van der Waals surface area (Å²) in [6.45, 7) is 5.24. The van der Waals surface area contributed by atoms with E-state index in [1.54, 1.807) is 0 Å². The number of amides is 2. The summed E-state index contributed by atoms with van der Waals surface area (Å²) in [7, 11) is 0. The molecule has 6 heteroatoms. The van der Waals surface area contributed by atoms with E-state index >= 15 is 0 Å². The number of carbonyl (C=O) groups excluding carboxylic acids is 2. The highest BCUT2D eigenvalue weighted by Crippen LogP contribution is 2.32. The van der Waals surface area contributed by atoms with Gasteiger partial charge in [-0.25, -0.2) is 0 Å². The van der Waals surface area contributed by atoms with Crippen molar-refractivity contribution in [2.75, 3.05) is 13.3 Å². The Hall–Kier alpha value is -2.24. The molecule has 0 aliphatic carbocycles. The van der Waals surface area contributed by atoms with Crippen molar-refractivity contribution < 1.29 is 19.1 Å². The van der Waals surface area contributed by atoms with Crippen LogP contribution in [-0.2, 0) is 16.1 Å². The molecule has 0 radical (unpaired) electrons. The first kappa shape index (κ1) is 15.6. The fourth-order valence-electron chi connectivity index (χ4n) is 2.94. The quantitative estimate of drug-likeness (QED) is 0.897. The van der Waals surface area contributed by atoms with Crippen molar-refractivity contribution in [3.8, 4) is 11.5 Å². The van der Waals surface area contributed by atoms with Crippen molar-refractivity contribution in [1.82, 2.24) is 10.2 Å². The third kappa shape index (κ3) is 3.25. The minimum Gasteiger partial charge on any atom is -0.454 e. The average Bonchev–Trinajstić information content (AvgIpc) is 3.17. The van der Waals surface area contributed by atoms with Gasteiger partial charge in [0.05, 0.1) is 5.92 Å². The van der Waals surface area contributed by atoms with Crippen LogP contribution >= 0.6 is 0 Å². The average molecular weight is 318 g/mol. The molecule has 2 aliphatic rings. The van der Waals surface area contributed by atoms with E-state index in [0.717, 1.165) is 17.7 Å². The molecule has 2 amide bonds. The smallest absolute Gasteiger partial charge is 0.231 e. The molecule has 1 fully saturated rings. The normalized spacial score (nSPS) is 20.7. The second-order valence-corrected chi connectivity index (χ2v) is 6.11. The molecule has 1 aromatic carbocycles. The van der Waals surface area contributed by atoms with Crippen LogP contribution < -0.4 is 14.8 Å². The molecular formula is C17H22N2O4. The number of benzene rings is 1. The van der Waals surface area contributed by atoms with Crippen LogP contribution in [0.15, 0.2) is 18.2 Å². The number of ether oxygens (including phenoxy) is 2. The van der Waals surface area contributed by atoms with Crippen LogP contribution in [0.4, 0.5) is 0 Å². The van der Waals surface area contributed by atoms with Gasteiger partial charge in [-0.05, 0) is 31.0 Å². The molecule has 124 valence electrons. The van der Waals surface area contributed by atoms with E-state index in [1.807, 2.05) is 36.9 Å². The Bertz CT molecular complexity index is 617. The van der Waals surface area contributed by atoms with E-state index in [9.17, 15) is 9.59 Å². The fraction of sp³-hybridized carbons (Fsp3) is 0.529. The van der Waals surface area contributed by atoms with Crippen LogP contribution in [0.3, 0.4) is 0 Å². The van der Waals surface area contributed by atoms with Crippen LogP contribution in [0.1, 0.15) is 32.3 Å². The van der Waals surface area contributed by atoms with Crippen molar-refractivity contribution in [1.29, 1.82) is 0 Å². The lowest BCUT2D eigenvalue weighted by Gasteiger charge is -2.23. The minimum absolute atomic E-state index is 0.0678. The molecule has 2 aliphatic heterocycles. The van der Waals surface area contributed by atoms with Crippen LogP contribution in [-0.4, -0.2) is 36.1 Å². The number of rotatable bonds is 5. The van der Waals surface area contributed by atoms with Gasteiger partial charge in [-0.15, -0.1) is 0 Å². The third-order valence-electron chi connectivity index (χ3n) is 4.56. The summed E-state index contributed by atoms with van der Waals surface area (Å²) in [6, 6.07) is 5.80. The summed E-state index contributed by atoms with van der Waals surface area (Å²) in [6.07, 6.45) is 1.20. The first-order chi connectivity index (χ1) is 11.1. The molecule has 0 bridgehead atoms. The number of nitrogens with zero attached hydrogens (tertiary/aromatic N) is 1. The van der Waals surface area contributed by atoms with Crippen molar-refractivity contribution in [2.45, 2.75) is 39.3 Å². The molecule has 23 heavy (non-hydrogen) atoms. The topological polar surface area (TPSA) is 67.9 Å². The number of likely N-dealkylation sites (tertiary alicyclic amines) is 1. The summed E-state index contributed by atoms with van der Waals surface area (Å²) in [5.41, 5.74) is 0.950. The van der Waals surface area contributed by atoms with Crippen LogP contribution in [0, 0.1) is 5.92 Å². The van der Waals surface area contributed by atoms with Crippen LogP contribution in [0.5, 0.6) is 11.5 Å². The molecule has 2 atom stereocenters. The van der Waals surface area contributed by atoms with Gasteiger partial charge < -0.3 is 19.7 Å². The number of nitrogens with one attached hydrogen (secondary N) is 1. The highest BCUT2D eigenvalue weighted by atomic mass is 16.7. The number of hydrogen-bond acceptors (Lipinski definition) is 4. The molecule has 0 spiro atoms. The molecule has 2 heterocycles. The predicted octanol–water partition coefficient (Wildman–Crippen LogP) is 1.68. The standard InChI is InChI=1S/C17H22N2O4/c1-3-11(2)19-9-13(7-16(19)20)17(21)18-8-12-4-5-14-15(6-12)23-10-22-14/h4-6,11,13H,3,7-10H2,1-2H3,(H,18,21)/t11-,13-/m0/s1. The number of hydrogen-bond donors (Lipinski definition) is 1. The maximum atomic E-state index is 12.3. The van der Waals surface area contributed by atoms with E-state index in [2.05, 4.69) is 5.32 Å². The summed E-state index contributed by atoms with van der Waals surface area (Å²) in [4.78, 5) is 26.1. The highest BCUT2D eigenvalue weighted by Gasteiger charge is 2.35. The van der Waals surface area contributed by atoms with E-state index in [1.165, 1.54) is 0 Å². The second-order valence-electron chi connectivity index (χ2n) is 6.11. The maximum absolute atomic E-state index is 12.3. The zero-order chi connectivity index (χ0) is 16.4. The Morgan fingerprint density at radius 1 is 1.39 bits per heavy atom. The Morgan fingerprint density at radius 2 is 2.17 bits per heavy atom. The third-order valence-corrected chi connectivity index (χ3v) is 4.56. The van der Waals surface area contributed by atoms with Gasteiger partial charge in [-0.2, -0.15) is 0 Å². The molecular weight excluding hydrogens is 296 g/mol. The van der Waals surface area contributed by atoms with Crippen LogP contribution in [0.25, 0.3) is 0 Å². The van der Waals surface area contributed by atoms with E-state index in [4.69, 9.17) is 9.47 Å². The van der Waals surface area contributed by atoms with Crippen molar-refractivity contribution in [2.24, 2.45) is 5.92 Å². The van der Waals surface area contributed by atoms with Gasteiger partial charge in [0.2, 0.25) is 18.6 Å². The summed E-state index contributed by atoms with van der Waals surface area (Å²) in [5, 5.41) is 2.92. The molecule has 6 nitrogen and oxygen atoms in total. The van der Waals surface area contributed by atoms with Crippen molar-refractivity contribution in [3.63, 3.8) is 0 Å². The largest absolute Gasteiger partial charge is 0.454 e. The zero-order valence-corrected chi connectivity index (χ0v) is 13.5. The molecule has 0 unspecified atom stereocenters. The Kier molecular flexibility index (Phi) is 4.41. The van der Waals surface area contributed by atoms with Gasteiger partial charge in [0, 0.05) is 25.6 Å². The van der Waals surface area contributed by atoms with Gasteiger partial charge in [0.15, 0.2) is 11.5 Å². The van der Waals surface area contributed by atoms with Crippen LogP contribution in [0.2, 0.25) is 0 Å². The second kappa shape index (κ2) is 6.48. The van der Waals surface area contributed by atoms with Gasteiger partial charge >= 0.3 is 0 Å². The summed E-state index contributed by atoms with van der Waals surface area (Å²) in [5.74, 6) is 1.18. The van der Waals surface area contributed by atoms with Gasteiger partial charge in [0.25, 0.3) is 0 Å². The SMILES string of the molecule is CC[C@H](C)N1C[C@@H](C(=O)NCc2ccc3c(c2)OCO3)CC1=O. The fourth-order valence-corrected chi connectivity index (χ4v) is 2.94. The first-order valence-corrected chi connectivity index (χ1v) is 8.04. The molecule has 1 saturated heterocycles. The maximum Gasteiger partial charge on any atom is 0.231 e. The molecule has 0 saturated carbocycles. The van der Waals surface area contributed by atoms with Crippen molar-refractivity contribution in [3.05, 3.63) is 23.8 Å². The minimum atomic E-state index is -0.259.